The van der Waals surface area contributed by atoms with Crippen molar-refractivity contribution in [2.24, 2.45) is 0 Å². The lowest BCUT2D eigenvalue weighted by Gasteiger charge is -2.39. The number of imidazole rings is 1. The Bertz CT molecular complexity index is 1980. The number of hydrogen-bond donors (Lipinski definition) is 2. The maximum atomic E-state index is 12.9. The van der Waals surface area contributed by atoms with E-state index in [2.05, 4.69) is 17.1 Å². The summed E-state index contributed by atoms with van der Waals surface area (Å²) >= 11 is 0. The topological polar surface area (TPSA) is 127 Å². The number of aromatic carboxylic acids is 1. The highest BCUT2D eigenvalue weighted by molar-refractivity contribution is 5.96. The molecule has 9 nitrogen and oxygen atoms in total. The minimum absolute atomic E-state index is 0.103. The number of nitrogens with two attached hydrogens (primary N) is 1. The van der Waals surface area contributed by atoms with E-state index >= 15 is 0 Å². The van der Waals surface area contributed by atoms with Gasteiger partial charge in [0.2, 0.25) is 0 Å². The van der Waals surface area contributed by atoms with Gasteiger partial charge in [-0.3, -0.25) is 9.36 Å². The number of carbonyl (C=O) groups is 2. The Morgan fingerprint density at radius 3 is 2.21 bits per heavy atom. The molecule has 4 heterocycles. The van der Waals surface area contributed by atoms with E-state index in [4.69, 9.17) is 20.8 Å². The number of anilines is 1. The van der Waals surface area contributed by atoms with Crippen molar-refractivity contribution in [3.05, 3.63) is 126 Å². The van der Waals surface area contributed by atoms with Gasteiger partial charge in [0, 0.05) is 42.0 Å². The van der Waals surface area contributed by atoms with Crippen molar-refractivity contribution in [2.75, 3.05) is 18.8 Å². The second kappa shape index (κ2) is 10.5. The quantitative estimate of drug-likeness (QED) is 0.266. The van der Waals surface area contributed by atoms with Crippen molar-refractivity contribution in [3.8, 4) is 28.3 Å². The highest BCUT2D eigenvalue weighted by Crippen LogP contribution is 2.33. The predicted molar refractivity (Wildman–Crippen MR) is 164 cm³/mol. The number of aromatic nitrogens is 4. The number of nitrogens with zero attached hydrogens (tertiary/aromatic N) is 5. The molecule has 1 saturated heterocycles. The Morgan fingerprint density at radius 1 is 0.791 bits per heavy atom. The Hall–Kier alpha value is -5.83. The molecular formula is C34H26N6O3. The van der Waals surface area contributed by atoms with Crippen LogP contribution in [0.25, 0.3) is 39.5 Å². The molecule has 0 spiro atoms. The van der Waals surface area contributed by atoms with Crippen LogP contribution in [-0.2, 0) is 0 Å². The van der Waals surface area contributed by atoms with Crippen LogP contribution in [0.1, 0.15) is 32.2 Å². The first kappa shape index (κ1) is 26.1. The van der Waals surface area contributed by atoms with Crippen molar-refractivity contribution in [1.82, 2.24) is 24.4 Å². The molecule has 0 bridgehead atoms. The van der Waals surface area contributed by atoms with E-state index in [1.165, 1.54) is 12.1 Å². The van der Waals surface area contributed by atoms with E-state index in [0.717, 1.165) is 33.6 Å². The Morgan fingerprint density at radius 2 is 1.51 bits per heavy atom. The predicted octanol–water partition coefficient (Wildman–Crippen LogP) is 5.67. The first-order chi connectivity index (χ1) is 21.0. The molecule has 7 rings (SSSR count). The van der Waals surface area contributed by atoms with Crippen molar-refractivity contribution >= 4 is 28.9 Å². The molecule has 0 unspecified atom stereocenters. The molecule has 0 aliphatic carbocycles. The summed E-state index contributed by atoms with van der Waals surface area (Å²) in [4.78, 5) is 40.0. The van der Waals surface area contributed by atoms with Crippen molar-refractivity contribution in [2.45, 2.75) is 5.92 Å². The summed E-state index contributed by atoms with van der Waals surface area (Å²) in [5.41, 5.74) is 13.0. The van der Waals surface area contributed by atoms with Gasteiger partial charge in [0.25, 0.3) is 5.91 Å². The smallest absolute Gasteiger partial charge is 0.335 e. The highest BCUT2D eigenvalue weighted by Gasteiger charge is 2.32. The van der Waals surface area contributed by atoms with Gasteiger partial charge in [-0.15, -0.1) is 0 Å². The summed E-state index contributed by atoms with van der Waals surface area (Å²) in [6.07, 6.45) is 1.66. The molecule has 1 aliphatic heterocycles. The molecule has 0 radical (unpaired) electrons. The molecular weight excluding hydrogens is 540 g/mol. The summed E-state index contributed by atoms with van der Waals surface area (Å²) < 4.78 is 2.01. The molecule has 1 aliphatic rings. The van der Waals surface area contributed by atoms with Crippen LogP contribution in [0, 0.1) is 0 Å². The first-order valence-electron chi connectivity index (χ1n) is 13.8. The molecule has 1 fully saturated rings. The van der Waals surface area contributed by atoms with Gasteiger partial charge < -0.3 is 15.7 Å². The summed E-state index contributed by atoms with van der Waals surface area (Å²) in [6, 6.07) is 32.0. The molecule has 43 heavy (non-hydrogen) atoms. The number of fused-ring (bicyclic) bond motifs is 1. The van der Waals surface area contributed by atoms with Crippen LogP contribution in [0.15, 0.2) is 109 Å². The zero-order chi connectivity index (χ0) is 29.5. The first-order valence-corrected chi connectivity index (χ1v) is 13.8. The lowest BCUT2D eigenvalue weighted by Crippen LogP contribution is -2.48. The normalized spacial score (nSPS) is 13.2. The lowest BCUT2D eigenvalue weighted by atomic mass is 9.90. The molecule has 3 aromatic heterocycles. The fourth-order valence-corrected chi connectivity index (χ4v) is 5.45. The number of amides is 1. The van der Waals surface area contributed by atoms with E-state index < -0.39 is 5.97 Å². The van der Waals surface area contributed by atoms with Gasteiger partial charge in [0.15, 0.2) is 11.5 Å². The van der Waals surface area contributed by atoms with Gasteiger partial charge in [-0.25, -0.2) is 19.7 Å². The van der Waals surface area contributed by atoms with Crippen LogP contribution < -0.4 is 5.73 Å². The summed E-state index contributed by atoms with van der Waals surface area (Å²) in [7, 11) is 0. The summed E-state index contributed by atoms with van der Waals surface area (Å²) in [5, 5.41) is 9.11. The lowest BCUT2D eigenvalue weighted by molar-refractivity contribution is 0.0600. The molecule has 0 atom stereocenters. The summed E-state index contributed by atoms with van der Waals surface area (Å²) in [6.45, 7) is 1.18. The maximum absolute atomic E-state index is 12.9. The fourth-order valence-electron chi connectivity index (χ4n) is 5.45. The van der Waals surface area contributed by atoms with Gasteiger partial charge in [-0.05, 0) is 66.2 Å². The SMILES string of the molecule is Nc1ncccc1-c1nc2ccc(-c3ccccc3)nc2n1-c1ccc(C2CN(C(=O)c3ccc(C(=O)O)cc3)C2)cc1. The second-order valence-corrected chi connectivity index (χ2v) is 10.5. The van der Waals surface area contributed by atoms with E-state index in [0.29, 0.717) is 35.9 Å². The molecule has 210 valence electrons. The number of carboxylic acids is 1. The number of carboxylic acid groups (broad SMARTS) is 1. The monoisotopic (exact) mass is 566 g/mol. The van der Waals surface area contributed by atoms with Crippen molar-refractivity contribution in [3.63, 3.8) is 0 Å². The van der Waals surface area contributed by atoms with Crippen LogP contribution >= 0.6 is 0 Å². The molecule has 3 aromatic carbocycles. The van der Waals surface area contributed by atoms with Crippen molar-refractivity contribution < 1.29 is 14.7 Å². The van der Waals surface area contributed by atoms with Gasteiger partial charge in [-0.2, -0.15) is 0 Å². The molecule has 3 N–H and O–H groups in total. The van der Waals surface area contributed by atoms with E-state index in [9.17, 15) is 9.59 Å². The van der Waals surface area contributed by atoms with Crippen LogP contribution in [0.2, 0.25) is 0 Å². The third kappa shape index (κ3) is 4.76. The van der Waals surface area contributed by atoms with Gasteiger partial charge in [-0.1, -0.05) is 42.5 Å². The average molecular weight is 567 g/mol. The zero-order valence-electron chi connectivity index (χ0n) is 23.0. The van der Waals surface area contributed by atoms with E-state index in [1.807, 2.05) is 71.3 Å². The average Bonchev–Trinajstić information content (AvgIpc) is 3.40. The van der Waals surface area contributed by atoms with Crippen LogP contribution in [-0.4, -0.2) is 54.5 Å². The minimum Gasteiger partial charge on any atom is -0.478 e. The third-order valence-electron chi connectivity index (χ3n) is 7.82. The van der Waals surface area contributed by atoms with Crippen molar-refractivity contribution in [1.29, 1.82) is 0 Å². The van der Waals surface area contributed by atoms with Gasteiger partial charge in [0.1, 0.15) is 11.3 Å². The Balaban J connectivity index is 1.19. The Kier molecular flexibility index (Phi) is 6.39. The number of likely N-dealkylation sites (tertiary alicyclic amines) is 1. The third-order valence-corrected chi connectivity index (χ3v) is 7.82. The van der Waals surface area contributed by atoms with E-state index in [-0.39, 0.29) is 17.4 Å². The number of pyridine rings is 2. The number of nitrogen functional groups attached to an aromatic ring is 1. The second-order valence-electron chi connectivity index (χ2n) is 10.5. The summed E-state index contributed by atoms with van der Waals surface area (Å²) in [5.74, 6) is 0.121. The minimum atomic E-state index is -1.02. The van der Waals surface area contributed by atoms with Crippen LogP contribution in [0.5, 0.6) is 0 Å². The fraction of sp³-hybridized carbons (Fsp3) is 0.0882. The van der Waals surface area contributed by atoms with Gasteiger partial charge >= 0.3 is 5.97 Å². The standard InChI is InChI=1S/C34H26N6O3/c35-30-27(7-4-18-36-30)31-38-29-17-16-28(22-5-2-1-3-6-22)37-32(29)40(31)26-14-12-21(13-15-26)25-19-39(20-25)33(41)23-8-10-24(11-9-23)34(42)43/h1-18,25H,19-20H2,(H2,35,36)(H,42,43). The molecule has 9 heteroatoms. The maximum Gasteiger partial charge on any atom is 0.335 e. The number of carbonyl (C=O) groups excluding carboxylic acids is 1. The highest BCUT2D eigenvalue weighted by atomic mass is 16.4. The Labute approximate surface area is 246 Å². The van der Waals surface area contributed by atoms with Gasteiger partial charge in [0.05, 0.1) is 16.8 Å². The largest absolute Gasteiger partial charge is 0.478 e. The number of rotatable bonds is 6. The van der Waals surface area contributed by atoms with Crippen LogP contribution in [0.3, 0.4) is 0 Å². The molecule has 0 saturated carbocycles. The number of benzene rings is 3. The van der Waals surface area contributed by atoms with E-state index in [1.54, 1.807) is 23.2 Å². The zero-order valence-corrected chi connectivity index (χ0v) is 23.0. The molecule has 6 aromatic rings. The van der Waals surface area contributed by atoms with Crippen LogP contribution in [0.4, 0.5) is 5.82 Å². The molecule has 1 amide bonds. The number of hydrogen-bond acceptors (Lipinski definition) is 6.